The predicted octanol–water partition coefficient (Wildman–Crippen LogP) is 2.20. The summed E-state index contributed by atoms with van der Waals surface area (Å²) < 4.78 is 0. The van der Waals surface area contributed by atoms with Crippen molar-refractivity contribution >= 4 is 23.2 Å². The molecule has 5 rings (SSSR count). The maximum Gasteiger partial charge on any atom is 0.255 e. The normalized spacial score (nSPS) is 27.6. The summed E-state index contributed by atoms with van der Waals surface area (Å²) in [6.45, 7) is 4.53. The first-order chi connectivity index (χ1) is 20.2. The lowest BCUT2D eigenvalue weighted by atomic mass is 9.58. The zero-order valence-corrected chi connectivity index (χ0v) is 25.7. The molecule has 0 heterocycles. The number of aromatic hydroxyl groups is 1. The number of carbonyl (C=O) groups excluding carboxylic acids is 3. The van der Waals surface area contributed by atoms with Gasteiger partial charge in [-0.3, -0.25) is 24.2 Å². The van der Waals surface area contributed by atoms with E-state index in [0.717, 1.165) is 24.3 Å². The molecule has 1 amide bonds. The van der Waals surface area contributed by atoms with Crippen molar-refractivity contribution in [1.82, 2.24) is 9.80 Å². The van der Waals surface area contributed by atoms with Gasteiger partial charge in [0, 0.05) is 44.4 Å². The van der Waals surface area contributed by atoms with Gasteiger partial charge in [-0.2, -0.15) is 0 Å². The zero-order valence-electron chi connectivity index (χ0n) is 25.7. The molecular formula is C32H44N4O7. The van der Waals surface area contributed by atoms with Crippen LogP contribution in [0.15, 0.2) is 28.7 Å². The van der Waals surface area contributed by atoms with Gasteiger partial charge in [-0.15, -0.1) is 0 Å². The third-order valence-corrected chi connectivity index (χ3v) is 10.1. The number of ketones is 2. The molecule has 0 spiro atoms. The van der Waals surface area contributed by atoms with Gasteiger partial charge in [0.15, 0.2) is 11.4 Å². The maximum atomic E-state index is 14.1. The predicted molar refractivity (Wildman–Crippen MR) is 161 cm³/mol. The van der Waals surface area contributed by atoms with Crippen LogP contribution in [-0.2, 0) is 22.6 Å². The topological polar surface area (TPSA) is 168 Å². The molecule has 234 valence electrons. The summed E-state index contributed by atoms with van der Waals surface area (Å²) in [6, 6.07) is 0.591. The first-order valence-electron chi connectivity index (χ1n) is 15.2. The van der Waals surface area contributed by atoms with E-state index in [4.69, 9.17) is 5.73 Å². The number of phenolic OH excluding ortho intramolecular Hbond substituents is 1. The standard InChI is InChI=1S/C32H44N4O7/c1-6-36(14-16-9-7-8-10-16)15-18-13-21(37)23-19(25(18)34(2)3)11-17-12-20-26(35(4)5)28(39)24(31(33)42)30(41)32(20,43)29(40)22(17)27(23)38/h13,16-17,20,26,37,39-40,43H,6-12,14-15H2,1-5H3,(H2,33,42)/t17-,20-,26-,32-/m0/s1. The molecule has 0 radical (unpaired) electrons. The molecule has 4 aliphatic rings. The SMILES string of the molecule is CCN(Cc1cc(O)c2c(c1N(C)C)C[C@H]1C[C@H]3[C@H](N(C)C)C(O)=C(C(N)=O)C(=O)[C@@]3(O)C(O)=C1C2=O)CC1CCCC1. The van der Waals surface area contributed by atoms with Gasteiger partial charge in [-0.25, -0.2) is 0 Å². The number of primary amides is 1. The van der Waals surface area contributed by atoms with Crippen LogP contribution in [0.3, 0.4) is 0 Å². The van der Waals surface area contributed by atoms with Gasteiger partial charge in [-0.1, -0.05) is 19.8 Å². The van der Waals surface area contributed by atoms with E-state index in [1.54, 1.807) is 25.1 Å². The molecule has 0 aromatic heterocycles. The fourth-order valence-electron chi connectivity index (χ4n) is 8.16. The summed E-state index contributed by atoms with van der Waals surface area (Å²) in [5.41, 5.74) is 4.21. The zero-order chi connectivity index (χ0) is 31.5. The van der Waals surface area contributed by atoms with Crippen molar-refractivity contribution < 1.29 is 34.8 Å². The molecule has 11 heteroatoms. The molecule has 1 aromatic carbocycles. The number of rotatable bonds is 8. The van der Waals surface area contributed by atoms with Gasteiger partial charge in [0.2, 0.25) is 5.78 Å². The number of hydrogen-bond donors (Lipinski definition) is 5. The summed E-state index contributed by atoms with van der Waals surface area (Å²) >= 11 is 0. The van der Waals surface area contributed by atoms with Crippen LogP contribution in [0.25, 0.3) is 0 Å². The molecule has 1 aromatic rings. The number of nitrogens with zero attached hydrogens (tertiary/aromatic N) is 3. The monoisotopic (exact) mass is 596 g/mol. The largest absolute Gasteiger partial charge is 0.510 e. The van der Waals surface area contributed by atoms with E-state index in [9.17, 15) is 34.8 Å². The molecule has 11 nitrogen and oxygen atoms in total. The van der Waals surface area contributed by atoms with Gasteiger partial charge in [0.1, 0.15) is 22.8 Å². The average molecular weight is 597 g/mol. The van der Waals surface area contributed by atoms with Crippen molar-refractivity contribution in [2.75, 3.05) is 46.2 Å². The molecular weight excluding hydrogens is 552 g/mol. The van der Waals surface area contributed by atoms with E-state index >= 15 is 0 Å². The second-order valence-electron chi connectivity index (χ2n) is 13.1. The van der Waals surface area contributed by atoms with Gasteiger partial charge >= 0.3 is 0 Å². The van der Waals surface area contributed by atoms with Crippen molar-refractivity contribution in [2.24, 2.45) is 23.5 Å². The van der Waals surface area contributed by atoms with Crippen LogP contribution < -0.4 is 10.6 Å². The van der Waals surface area contributed by atoms with Crippen molar-refractivity contribution in [1.29, 1.82) is 0 Å². The Bertz CT molecular complexity index is 1420. The van der Waals surface area contributed by atoms with Gasteiger partial charge in [0.05, 0.1) is 11.6 Å². The van der Waals surface area contributed by atoms with Crippen molar-refractivity contribution in [2.45, 2.75) is 63.6 Å². The Morgan fingerprint density at radius 3 is 2.30 bits per heavy atom. The van der Waals surface area contributed by atoms with Crippen LogP contribution in [0.1, 0.15) is 60.5 Å². The van der Waals surface area contributed by atoms with Crippen molar-refractivity contribution in [3.63, 3.8) is 0 Å². The number of nitrogens with two attached hydrogens (primary N) is 1. The molecule has 1 saturated carbocycles. The summed E-state index contributed by atoms with van der Waals surface area (Å²) in [6.07, 6.45) is 5.27. The van der Waals surface area contributed by atoms with E-state index in [0.29, 0.717) is 18.0 Å². The molecule has 0 saturated heterocycles. The van der Waals surface area contributed by atoms with Crippen LogP contribution in [0.4, 0.5) is 5.69 Å². The Morgan fingerprint density at radius 2 is 1.74 bits per heavy atom. The minimum absolute atomic E-state index is 0.0343. The number of hydrogen-bond acceptors (Lipinski definition) is 10. The minimum Gasteiger partial charge on any atom is -0.510 e. The first kappa shape index (κ1) is 31.0. The van der Waals surface area contributed by atoms with Crippen LogP contribution in [0.2, 0.25) is 0 Å². The highest BCUT2D eigenvalue weighted by Crippen LogP contribution is 2.53. The fourth-order valence-corrected chi connectivity index (χ4v) is 8.16. The highest BCUT2D eigenvalue weighted by Gasteiger charge is 2.63. The Hall–Kier alpha value is -3.41. The lowest BCUT2D eigenvalue weighted by Gasteiger charge is -2.50. The lowest BCUT2D eigenvalue weighted by Crippen LogP contribution is -2.63. The number of aliphatic hydroxyl groups is 3. The number of phenols is 1. The van der Waals surface area contributed by atoms with E-state index in [-0.39, 0.29) is 29.7 Å². The Kier molecular flexibility index (Phi) is 8.12. The number of Topliss-reactive ketones (excluding diaryl/α,β-unsaturated/α-hetero) is 2. The number of anilines is 1. The molecule has 6 N–H and O–H groups in total. The smallest absolute Gasteiger partial charge is 0.255 e. The number of allylic oxidation sites excluding steroid dienone is 1. The second kappa shape index (κ2) is 11.3. The molecule has 4 aliphatic carbocycles. The first-order valence-corrected chi connectivity index (χ1v) is 15.2. The van der Waals surface area contributed by atoms with Gasteiger partial charge in [0.25, 0.3) is 5.91 Å². The third kappa shape index (κ3) is 4.81. The Balaban J connectivity index is 1.62. The van der Waals surface area contributed by atoms with Crippen LogP contribution >= 0.6 is 0 Å². The van der Waals surface area contributed by atoms with E-state index in [2.05, 4.69) is 11.8 Å². The summed E-state index contributed by atoms with van der Waals surface area (Å²) in [7, 11) is 7.03. The minimum atomic E-state index is -2.65. The highest BCUT2D eigenvalue weighted by atomic mass is 16.3. The van der Waals surface area contributed by atoms with Crippen molar-refractivity contribution in [3.8, 4) is 5.75 Å². The molecule has 43 heavy (non-hydrogen) atoms. The summed E-state index contributed by atoms with van der Waals surface area (Å²) in [4.78, 5) is 45.7. The number of fused-ring (bicyclic) bond motifs is 3. The number of benzene rings is 1. The molecule has 0 bridgehead atoms. The third-order valence-electron chi connectivity index (χ3n) is 10.1. The van der Waals surface area contributed by atoms with Crippen molar-refractivity contribution in [3.05, 3.63) is 45.4 Å². The average Bonchev–Trinajstić information content (AvgIpc) is 3.42. The second-order valence-corrected chi connectivity index (χ2v) is 13.1. The Morgan fingerprint density at radius 1 is 1.09 bits per heavy atom. The molecule has 4 atom stereocenters. The van der Waals surface area contributed by atoms with E-state index in [1.165, 1.54) is 25.7 Å². The number of amides is 1. The molecule has 1 fully saturated rings. The lowest BCUT2D eigenvalue weighted by molar-refractivity contribution is -0.148. The summed E-state index contributed by atoms with van der Waals surface area (Å²) in [5.74, 6) is -5.81. The van der Waals surface area contributed by atoms with Crippen LogP contribution in [0.5, 0.6) is 5.75 Å². The number of carbonyl (C=O) groups is 3. The van der Waals surface area contributed by atoms with E-state index in [1.807, 2.05) is 19.0 Å². The maximum absolute atomic E-state index is 14.1. The number of aliphatic hydroxyl groups excluding tert-OH is 2. The van der Waals surface area contributed by atoms with Gasteiger partial charge in [-0.05, 0) is 75.4 Å². The fraction of sp³-hybridized carbons (Fsp3) is 0.594. The summed E-state index contributed by atoms with van der Waals surface area (Å²) in [5, 5.41) is 45.6. The molecule has 0 unspecified atom stereocenters. The number of likely N-dealkylation sites (N-methyl/N-ethyl adjacent to an activating group) is 1. The van der Waals surface area contributed by atoms with E-state index < -0.39 is 58.0 Å². The Labute approximate surface area is 252 Å². The van der Waals surface area contributed by atoms with Gasteiger partial charge < -0.3 is 31.1 Å². The quantitative estimate of drug-likeness (QED) is 0.281. The van der Waals surface area contributed by atoms with Crippen LogP contribution in [-0.4, -0.2) is 101 Å². The highest BCUT2D eigenvalue weighted by molar-refractivity contribution is 6.24. The van der Waals surface area contributed by atoms with Crippen LogP contribution in [0, 0.1) is 17.8 Å². The molecule has 0 aliphatic heterocycles.